The van der Waals surface area contributed by atoms with Crippen LogP contribution in [-0.4, -0.2) is 11.4 Å². The van der Waals surface area contributed by atoms with Crippen molar-refractivity contribution < 1.29 is 4.79 Å². The van der Waals surface area contributed by atoms with E-state index in [2.05, 4.69) is 26.1 Å². The molecule has 1 unspecified atom stereocenters. The third kappa shape index (κ3) is 5.62. The summed E-state index contributed by atoms with van der Waals surface area (Å²) in [7, 11) is 0. The number of carbonyl (C=O) groups excluding carboxylic acids is 1. The van der Waals surface area contributed by atoms with Gasteiger partial charge in [0.1, 0.15) is 0 Å². The van der Waals surface area contributed by atoms with Gasteiger partial charge in [-0.15, -0.1) is 12.4 Å². The molecule has 0 radical (unpaired) electrons. The van der Waals surface area contributed by atoms with Gasteiger partial charge >= 0.3 is 0 Å². The van der Waals surface area contributed by atoms with Crippen LogP contribution in [0.4, 0.5) is 0 Å². The van der Waals surface area contributed by atoms with E-state index in [1.165, 1.54) is 0 Å². The molecule has 0 spiro atoms. The van der Waals surface area contributed by atoms with Gasteiger partial charge in [-0.25, -0.2) is 0 Å². The molecular weight excluding hydrogens is 260 g/mol. The van der Waals surface area contributed by atoms with Gasteiger partial charge in [-0.2, -0.15) is 0 Å². The minimum absolute atomic E-state index is 0. The summed E-state index contributed by atoms with van der Waals surface area (Å²) in [5, 5.41) is 3.07. The average molecular weight is 285 g/mol. The molecule has 1 aromatic carbocycles. The zero-order valence-electron chi connectivity index (χ0n) is 12.0. The van der Waals surface area contributed by atoms with E-state index in [-0.39, 0.29) is 29.9 Å². The van der Waals surface area contributed by atoms with E-state index < -0.39 is 0 Å². The zero-order chi connectivity index (χ0) is 13.6. The predicted octanol–water partition coefficient (Wildman–Crippen LogP) is 3.19. The first-order valence-corrected chi connectivity index (χ1v) is 6.62. The minimum Gasteiger partial charge on any atom is -0.351 e. The lowest BCUT2D eigenvalue weighted by atomic mass is 9.94. The minimum atomic E-state index is -0.232. The molecule has 19 heavy (non-hydrogen) atoms. The van der Waals surface area contributed by atoms with E-state index in [4.69, 9.17) is 5.73 Å². The third-order valence-electron chi connectivity index (χ3n) is 3.63. The number of nitrogens with two attached hydrogens (primary N) is 1. The van der Waals surface area contributed by atoms with Gasteiger partial charge in [0, 0.05) is 18.0 Å². The highest BCUT2D eigenvalue weighted by atomic mass is 35.5. The quantitative estimate of drug-likeness (QED) is 0.843. The van der Waals surface area contributed by atoms with Gasteiger partial charge < -0.3 is 11.1 Å². The van der Waals surface area contributed by atoms with E-state index in [1.54, 1.807) is 0 Å². The molecule has 0 bridgehead atoms. The molecule has 0 aliphatic carbocycles. The van der Waals surface area contributed by atoms with E-state index in [1.807, 2.05) is 30.3 Å². The largest absolute Gasteiger partial charge is 0.351 e. The standard InChI is InChI=1S/C15H24N2O.ClH/c1-4-15(3,5-2)17-14(18)11-13(16)12-9-7-6-8-10-12;/h6-10,13H,4-5,11,16H2,1-3H3,(H,17,18);1H. The van der Waals surface area contributed by atoms with Crippen LogP contribution in [0.15, 0.2) is 30.3 Å². The molecule has 0 saturated heterocycles. The van der Waals surface area contributed by atoms with E-state index in [0.717, 1.165) is 18.4 Å². The van der Waals surface area contributed by atoms with Gasteiger partial charge in [0.25, 0.3) is 0 Å². The molecule has 0 fully saturated rings. The summed E-state index contributed by atoms with van der Waals surface area (Å²) in [5.41, 5.74) is 6.92. The van der Waals surface area contributed by atoms with Crippen LogP contribution in [0.3, 0.4) is 0 Å². The van der Waals surface area contributed by atoms with Crippen molar-refractivity contribution in [3.8, 4) is 0 Å². The molecule has 1 rings (SSSR count). The summed E-state index contributed by atoms with van der Waals surface area (Å²) in [5.74, 6) is 0.0255. The maximum atomic E-state index is 12.0. The van der Waals surface area contributed by atoms with Gasteiger partial charge in [-0.1, -0.05) is 44.2 Å². The number of hydrogen-bond acceptors (Lipinski definition) is 2. The highest BCUT2D eigenvalue weighted by molar-refractivity contribution is 5.85. The summed E-state index contributed by atoms with van der Waals surface area (Å²) in [6.45, 7) is 6.24. The summed E-state index contributed by atoms with van der Waals surface area (Å²) >= 11 is 0. The first kappa shape index (κ1) is 17.9. The van der Waals surface area contributed by atoms with Crippen molar-refractivity contribution >= 4 is 18.3 Å². The number of halogens is 1. The van der Waals surface area contributed by atoms with E-state index >= 15 is 0 Å². The predicted molar refractivity (Wildman–Crippen MR) is 82.4 cm³/mol. The number of nitrogens with one attached hydrogen (secondary N) is 1. The lowest BCUT2D eigenvalue weighted by Gasteiger charge is -2.28. The van der Waals surface area contributed by atoms with Crippen LogP contribution in [0, 0.1) is 0 Å². The Labute approximate surface area is 122 Å². The van der Waals surface area contributed by atoms with E-state index in [9.17, 15) is 4.79 Å². The fraction of sp³-hybridized carbons (Fsp3) is 0.533. The third-order valence-corrected chi connectivity index (χ3v) is 3.63. The van der Waals surface area contributed by atoms with Gasteiger partial charge in [-0.3, -0.25) is 4.79 Å². The Hall–Kier alpha value is -1.06. The zero-order valence-corrected chi connectivity index (χ0v) is 12.8. The van der Waals surface area contributed by atoms with Crippen molar-refractivity contribution in [3.63, 3.8) is 0 Å². The van der Waals surface area contributed by atoms with Crippen molar-refractivity contribution in [2.75, 3.05) is 0 Å². The molecule has 0 aliphatic heterocycles. The van der Waals surface area contributed by atoms with Crippen LogP contribution in [-0.2, 0) is 4.79 Å². The van der Waals surface area contributed by atoms with Crippen LogP contribution in [0.2, 0.25) is 0 Å². The molecule has 1 aromatic rings. The van der Waals surface area contributed by atoms with Crippen molar-refractivity contribution in [1.82, 2.24) is 5.32 Å². The highest BCUT2D eigenvalue weighted by Crippen LogP contribution is 2.17. The Balaban J connectivity index is 0.00000324. The molecular formula is C15H25ClN2O. The Kier molecular flexibility index (Phi) is 7.72. The molecule has 0 heterocycles. The fourth-order valence-electron chi connectivity index (χ4n) is 1.83. The highest BCUT2D eigenvalue weighted by Gasteiger charge is 2.22. The maximum absolute atomic E-state index is 12.0. The van der Waals surface area contributed by atoms with Crippen molar-refractivity contribution in [3.05, 3.63) is 35.9 Å². The number of carbonyl (C=O) groups is 1. The molecule has 108 valence electrons. The number of hydrogen-bond donors (Lipinski definition) is 2. The normalized spacial score (nSPS) is 12.4. The summed E-state index contributed by atoms with van der Waals surface area (Å²) < 4.78 is 0. The molecule has 3 nitrogen and oxygen atoms in total. The van der Waals surface area contributed by atoms with Gasteiger partial charge in [0.05, 0.1) is 0 Å². The van der Waals surface area contributed by atoms with Crippen LogP contribution in [0.1, 0.15) is 51.6 Å². The Bertz CT molecular complexity index is 377. The number of rotatable bonds is 6. The fourth-order valence-corrected chi connectivity index (χ4v) is 1.83. The first-order valence-electron chi connectivity index (χ1n) is 6.62. The van der Waals surface area contributed by atoms with Crippen LogP contribution < -0.4 is 11.1 Å². The second kappa shape index (κ2) is 8.18. The maximum Gasteiger partial charge on any atom is 0.222 e. The number of benzene rings is 1. The van der Waals surface area contributed by atoms with Crippen LogP contribution in [0.5, 0.6) is 0 Å². The van der Waals surface area contributed by atoms with Gasteiger partial charge in [0.2, 0.25) is 5.91 Å². The number of amides is 1. The van der Waals surface area contributed by atoms with Crippen molar-refractivity contribution in [1.29, 1.82) is 0 Å². The molecule has 1 atom stereocenters. The van der Waals surface area contributed by atoms with Crippen LogP contribution in [0.25, 0.3) is 0 Å². The smallest absolute Gasteiger partial charge is 0.222 e. The Morgan fingerprint density at radius 3 is 2.26 bits per heavy atom. The first-order chi connectivity index (χ1) is 8.50. The van der Waals surface area contributed by atoms with Gasteiger partial charge in [-0.05, 0) is 25.3 Å². The topological polar surface area (TPSA) is 55.1 Å². The van der Waals surface area contributed by atoms with E-state index in [0.29, 0.717) is 6.42 Å². The molecule has 4 heteroatoms. The molecule has 1 amide bonds. The Morgan fingerprint density at radius 2 is 1.79 bits per heavy atom. The summed E-state index contributed by atoms with van der Waals surface area (Å²) in [6, 6.07) is 9.50. The van der Waals surface area contributed by atoms with Crippen LogP contribution >= 0.6 is 12.4 Å². The molecule has 0 aromatic heterocycles. The van der Waals surface area contributed by atoms with Gasteiger partial charge in [0.15, 0.2) is 0 Å². The summed E-state index contributed by atoms with van der Waals surface area (Å²) in [6.07, 6.45) is 2.19. The van der Waals surface area contributed by atoms with Crippen molar-refractivity contribution in [2.24, 2.45) is 5.73 Å². The lowest BCUT2D eigenvalue weighted by Crippen LogP contribution is -2.45. The van der Waals surface area contributed by atoms with Crippen molar-refractivity contribution in [2.45, 2.75) is 51.6 Å². The SMILES string of the molecule is CCC(C)(CC)NC(=O)CC(N)c1ccccc1.Cl. The molecule has 0 aliphatic rings. The second-order valence-corrected chi connectivity index (χ2v) is 5.04. The lowest BCUT2D eigenvalue weighted by molar-refractivity contribution is -0.123. The molecule has 3 N–H and O–H groups in total. The Morgan fingerprint density at radius 1 is 1.26 bits per heavy atom. The molecule has 0 saturated carbocycles. The second-order valence-electron chi connectivity index (χ2n) is 5.04. The average Bonchev–Trinajstić information content (AvgIpc) is 2.39. The monoisotopic (exact) mass is 284 g/mol. The summed E-state index contributed by atoms with van der Waals surface area (Å²) in [4.78, 5) is 12.0.